The Morgan fingerprint density at radius 3 is 1.50 bits per heavy atom. The molecular formula is C22H47NO. The van der Waals surface area contributed by atoms with Gasteiger partial charge in [-0.15, -0.1) is 0 Å². The minimum atomic E-state index is -0.203. The molecule has 146 valence electrons. The molecule has 0 bridgehead atoms. The summed E-state index contributed by atoms with van der Waals surface area (Å²) >= 11 is 0. The maximum Gasteiger partial charge on any atom is 0.0448 e. The van der Waals surface area contributed by atoms with Crippen molar-refractivity contribution < 1.29 is 5.11 Å². The number of hydrogen-bond donors (Lipinski definition) is 2. The van der Waals surface area contributed by atoms with Crippen LogP contribution in [0.1, 0.15) is 124 Å². The van der Waals surface area contributed by atoms with Gasteiger partial charge in [-0.2, -0.15) is 0 Å². The zero-order chi connectivity index (χ0) is 18.1. The van der Waals surface area contributed by atoms with Crippen LogP contribution in [0.5, 0.6) is 0 Å². The van der Waals surface area contributed by atoms with Gasteiger partial charge in [0, 0.05) is 12.1 Å². The molecule has 0 aromatic rings. The van der Waals surface area contributed by atoms with Crippen molar-refractivity contribution in [1.29, 1.82) is 0 Å². The van der Waals surface area contributed by atoms with E-state index < -0.39 is 0 Å². The fraction of sp³-hybridized carbons (Fsp3) is 1.00. The molecule has 0 heterocycles. The molecule has 24 heavy (non-hydrogen) atoms. The van der Waals surface area contributed by atoms with Gasteiger partial charge in [0.05, 0.1) is 0 Å². The van der Waals surface area contributed by atoms with Crippen molar-refractivity contribution in [2.75, 3.05) is 6.61 Å². The van der Waals surface area contributed by atoms with Crippen LogP contribution in [0, 0.1) is 5.92 Å². The van der Waals surface area contributed by atoms with Crippen LogP contribution in [0.25, 0.3) is 0 Å². The molecule has 0 aliphatic rings. The molecule has 0 aliphatic heterocycles. The third-order valence-corrected chi connectivity index (χ3v) is 5.77. The smallest absolute Gasteiger partial charge is 0.0448 e. The standard InChI is InChI=1S/C22H47NO/c1-4-5-6-7-8-9-10-11-12-13-14-15-16-17-18-21(2)22(3,23)19-20-24/h21,24H,4-20,23H2,1-3H3. The normalized spacial score (nSPS) is 15.4. The second-order valence-electron chi connectivity index (χ2n) is 8.27. The van der Waals surface area contributed by atoms with Gasteiger partial charge in [0.25, 0.3) is 0 Å². The molecule has 2 heteroatoms. The summed E-state index contributed by atoms with van der Waals surface area (Å²) < 4.78 is 0. The maximum absolute atomic E-state index is 9.07. The molecule has 0 saturated carbocycles. The van der Waals surface area contributed by atoms with Gasteiger partial charge in [0.2, 0.25) is 0 Å². The van der Waals surface area contributed by atoms with Crippen molar-refractivity contribution in [1.82, 2.24) is 0 Å². The van der Waals surface area contributed by atoms with E-state index in [0.717, 1.165) is 0 Å². The van der Waals surface area contributed by atoms with Crippen molar-refractivity contribution in [2.45, 2.75) is 129 Å². The number of aliphatic hydroxyl groups is 1. The molecular weight excluding hydrogens is 294 g/mol. The van der Waals surface area contributed by atoms with Crippen LogP contribution in [0.4, 0.5) is 0 Å². The molecule has 0 aliphatic carbocycles. The highest BCUT2D eigenvalue weighted by Gasteiger charge is 2.24. The van der Waals surface area contributed by atoms with E-state index in [1.807, 2.05) is 0 Å². The van der Waals surface area contributed by atoms with Crippen LogP contribution >= 0.6 is 0 Å². The van der Waals surface area contributed by atoms with E-state index in [1.165, 1.54) is 96.3 Å². The van der Waals surface area contributed by atoms with Gasteiger partial charge in [0.15, 0.2) is 0 Å². The molecule has 0 spiro atoms. The summed E-state index contributed by atoms with van der Waals surface area (Å²) in [7, 11) is 0. The summed E-state index contributed by atoms with van der Waals surface area (Å²) in [6.07, 6.45) is 21.6. The summed E-state index contributed by atoms with van der Waals surface area (Å²) in [5, 5.41) is 9.07. The SMILES string of the molecule is CCCCCCCCCCCCCCCCC(C)C(C)(N)CCO. The number of hydrogen-bond acceptors (Lipinski definition) is 2. The van der Waals surface area contributed by atoms with Crippen LogP contribution in [-0.2, 0) is 0 Å². The monoisotopic (exact) mass is 341 g/mol. The van der Waals surface area contributed by atoms with Crippen LogP contribution in [-0.4, -0.2) is 17.3 Å². The van der Waals surface area contributed by atoms with Crippen LogP contribution in [0.15, 0.2) is 0 Å². The van der Waals surface area contributed by atoms with Crippen molar-refractivity contribution in [2.24, 2.45) is 11.7 Å². The van der Waals surface area contributed by atoms with E-state index in [2.05, 4.69) is 20.8 Å². The van der Waals surface area contributed by atoms with Crippen molar-refractivity contribution in [3.8, 4) is 0 Å². The van der Waals surface area contributed by atoms with Crippen LogP contribution in [0.2, 0.25) is 0 Å². The first-order valence-electron chi connectivity index (χ1n) is 10.9. The minimum Gasteiger partial charge on any atom is -0.396 e. The number of unbranched alkanes of at least 4 members (excludes halogenated alkanes) is 13. The number of rotatable bonds is 18. The van der Waals surface area contributed by atoms with Gasteiger partial charge in [-0.05, 0) is 25.7 Å². The predicted molar refractivity (Wildman–Crippen MR) is 108 cm³/mol. The molecule has 0 fully saturated rings. The quantitative estimate of drug-likeness (QED) is 0.276. The lowest BCUT2D eigenvalue weighted by atomic mass is 9.82. The Morgan fingerprint density at radius 1 is 0.750 bits per heavy atom. The van der Waals surface area contributed by atoms with Gasteiger partial charge in [-0.3, -0.25) is 0 Å². The zero-order valence-electron chi connectivity index (χ0n) is 17.1. The lowest BCUT2D eigenvalue weighted by molar-refractivity contribution is 0.200. The first-order chi connectivity index (χ1) is 11.5. The minimum absolute atomic E-state index is 0.203. The van der Waals surface area contributed by atoms with E-state index in [1.54, 1.807) is 0 Å². The van der Waals surface area contributed by atoms with Gasteiger partial charge in [0.1, 0.15) is 0 Å². The summed E-state index contributed by atoms with van der Waals surface area (Å²) in [5.74, 6) is 0.502. The highest BCUT2D eigenvalue weighted by Crippen LogP contribution is 2.23. The molecule has 0 saturated heterocycles. The third kappa shape index (κ3) is 14.3. The van der Waals surface area contributed by atoms with Gasteiger partial charge < -0.3 is 10.8 Å². The lowest BCUT2D eigenvalue weighted by Crippen LogP contribution is -2.43. The average molecular weight is 342 g/mol. The van der Waals surface area contributed by atoms with E-state index in [0.29, 0.717) is 12.3 Å². The Balaban J connectivity index is 3.25. The predicted octanol–water partition coefficient (Wildman–Crippen LogP) is 6.59. The molecule has 0 amide bonds. The maximum atomic E-state index is 9.07. The van der Waals surface area contributed by atoms with E-state index in [4.69, 9.17) is 10.8 Å². The summed E-state index contributed by atoms with van der Waals surface area (Å²) in [6.45, 7) is 6.80. The zero-order valence-corrected chi connectivity index (χ0v) is 17.1. The van der Waals surface area contributed by atoms with Crippen molar-refractivity contribution >= 4 is 0 Å². The molecule has 0 aromatic carbocycles. The third-order valence-electron chi connectivity index (χ3n) is 5.77. The van der Waals surface area contributed by atoms with Gasteiger partial charge >= 0.3 is 0 Å². The van der Waals surface area contributed by atoms with Gasteiger partial charge in [-0.25, -0.2) is 0 Å². The fourth-order valence-corrected chi connectivity index (χ4v) is 3.46. The molecule has 0 radical (unpaired) electrons. The Labute approximate surface area is 153 Å². The molecule has 2 atom stereocenters. The van der Waals surface area contributed by atoms with Crippen molar-refractivity contribution in [3.05, 3.63) is 0 Å². The molecule has 0 aromatic heterocycles. The second-order valence-corrected chi connectivity index (χ2v) is 8.27. The van der Waals surface area contributed by atoms with Crippen LogP contribution in [0.3, 0.4) is 0 Å². The Morgan fingerprint density at radius 2 is 1.12 bits per heavy atom. The fourth-order valence-electron chi connectivity index (χ4n) is 3.46. The second kappa shape index (κ2) is 16.4. The summed E-state index contributed by atoms with van der Waals surface area (Å²) in [5.41, 5.74) is 6.06. The summed E-state index contributed by atoms with van der Waals surface area (Å²) in [6, 6.07) is 0. The first-order valence-corrected chi connectivity index (χ1v) is 10.9. The molecule has 2 unspecified atom stereocenters. The Hall–Kier alpha value is -0.0800. The van der Waals surface area contributed by atoms with Crippen LogP contribution < -0.4 is 5.73 Å². The average Bonchev–Trinajstić information content (AvgIpc) is 2.54. The topological polar surface area (TPSA) is 46.2 Å². The lowest BCUT2D eigenvalue weighted by Gasteiger charge is -2.31. The molecule has 3 N–H and O–H groups in total. The highest BCUT2D eigenvalue weighted by molar-refractivity contribution is 4.83. The Kier molecular flexibility index (Phi) is 16.3. The highest BCUT2D eigenvalue weighted by atomic mass is 16.3. The first kappa shape index (κ1) is 23.9. The number of aliphatic hydroxyl groups excluding tert-OH is 1. The largest absolute Gasteiger partial charge is 0.396 e. The van der Waals surface area contributed by atoms with E-state index in [9.17, 15) is 0 Å². The van der Waals surface area contributed by atoms with E-state index in [-0.39, 0.29) is 12.1 Å². The summed E-state index contributed by atoms with van der Waals surface area (Å²) in [4.78, 5) is 0. The van der Waals surface area contributed by atoms with Crippen molar-refractivity contribution in [3.63, 3.8) is 0 Å². The Bertz CT molecular complexity index is 252. The van der Waals surface area contributed by atoms with Gasteiger partial charge in [-0.1, -0.05) is 104 Å². The van der Waals surface area contributed by atoms with E-state index >= 15 is 0 Å². The molecule has 2 nitrogen and oxygen atoms in total. The number of nitrogens with two attached hydrogens (primary N) is 1. The molecule has 0 rings (SSSR count).